The van der Waals surface area contributed by atoms with Gasteiger partial charge in [0.05, 0.1) is 0 Å². The molecule has 0 spiro atoms. The average molecular weight is 325 g/mol. The topological polar surface area (TPSA) is 43.8 Å². The third-order valence-electron chi connectivity index (χ3n) is 4.20. The Kier molecular flexibility index (Phi) is 4.73. The minimum Gasteiger partial charge on any atom is -0.371 e. The van der Waals surface area contributed by atoms with Crippen molar-refractivity contribution in [3.05, 3.63) is 29.3 Å². The minimum absolute atomic E-state index is 0.169. The predicted octanol–water partition coefficient (Wildman–Crippen LogP) is 4.26. The van der Waals surface area contributed by atoms with E-state index < -0.39 is 5.72 Å². The molecular formula is C17H25ClN2O2. The summed E-state index contributed by atoms with van der Waals surface area (Å²) in [5.74, 6) is 0. The quantitative estimate of drug-likeness (QED) is 0.899. The van der Waals surface area contributed by atoms with Crippen molar-refractivity contribution in [1.29, 1.82) is 0 Å². The van der Waals surface area contributed by atoms with E-state index in [9.17, 15) is 9.90 Å². The van der Waals surface area contributed by atoms with Gasteiger partial charge in [-0.05, 0) is 45.4 Å². The van der Waals surface area contributed by atoms with E-state index in [0.29, 0.717) is 23.7 Å². The fourth-order valence-electron chi connectivity index (χ4n) is 3.30. The smallest absolute Gasteiger partial charge is 0.327 e. The molecule has 1 N–H and O–H groups in total. The Labute approximate surface area is 137 Å². The molecule has 1 aliphatic rings. The van der Waals surface area contributed by atoms with Gasteiger partial charge in [0, 0.05) is 29.2 Å². The highest BCUT2D eigenvalue weighted by atomic mass is 35.5. The average Bonchev–Trinajstić information content (AvgIpc) is 2.36. The molecule has 1 fully saturated rings. The molecular weight excluding hydrogens is 300 g/mol. The summed E-state index contributed by atoms with van der Waals surface area (Å²) in [6, 6.07) is 6.89. The summed E-state index contributed by atoms with van der Waals surface area (Å²) in [5.41, 5.74) is -1.00. The van der Waals surface area contributed by atoms with Gasteiger partial charge in [-0.15, -0.1) is 0 Å². The molecule has 0 radical (unpaired) electrons. The first kappa shape index (κ1) is 17.1. The summed E-state index contributed by atoms with van der Waals surface area (Å²) in [6.45, 7) is 8.49. The van der Waals surface area contributed by atoms with Gasteiger partial charge in [0.1, 0.15) is 5.72 Å². The van der Waals surface area contributed by atoms with Crippen molar-refractivity contribution in [1.82, 2.24) is 4.90 Å². The maximum atomic E-state index is 13.0. The van der Waals surface area contributed by atoms with Crippen molar-refractivity contribution < 1.29 is 9.90 Å². The van der Waals surface area contributed by atoms with Crippen LogP contribution in [0.2, 0.25) is 5.02 Å². The maximum absolute atomic E-state index is 13.0. The highest BCUT2D eigenvalue weighted by molar-refractivity contribution is 6.30. The lowest BCUT2D eigenvalue weighted by atomic mass is 9.87. The molecule has 0 bridgehead atoms. The van der Waals surface area contributed by atoms with Crippen LogP contribution in [-0.2, 0) is 0 Å². The zero-order valence-corrected chi connectivity index (χ0v) is 14.5. The molecule has 0 saturated carbocycles. The van der Waals surface area contributed by atoms with Crippen LogP contribution in [0.25, 0.3) is 0 Å². The fraction of sp³-hybridized carbons (Fsp3) is 0.588. The van der Waals surface area contributed by atoms with Gasteiger partial charge >= 0.3 is 6.03 Å². The van der Waals surface area contributed by atoms with E-state index in [4.69, 9.17) is 11.6 Å². The van der Waals surface area contributed by atoms with E-state index in [-0.39, 0.29) is 11.6 Å². The number of benzene rings is 1. The predicted molar refractivity (Wildman–Crippen MR) is 90.3 cm³/mol. The van der Waals surface area contributed by atoms with Crippen LogP contribution in [0, 0.1) is 0 Å². The monoisotopic (exact) mass is 324 g/mol. The molecule has 1 unspecified atom stereocenters. The number of carbonyl (C=O) groups is 1. The Balaban J connectivity index is 2.41. The lowest BCUT2D eigenvalue weighted by Gasteiger charge is -2.53. The van der Waals surface area contributed by atoms with Gasteiger partial charge in [-0.1, -0.05) is 31.0 Å². The molecule has 4 nitrogen and oxygen atoms in total. The number of amides is 2. The molecule has 5 heteroatoms. The second-order valence-electron chi connectivity index (χ2n) is 6.81. The normalized spacial score (nSPS) is 24.7. The van der Waals surface area contributed by atoms with Gasteiger partial charge in [0.15, 0.2) is 0 Å². The summed E-state index contributed by atoms with van der Waals surface area (Å²) in [5, 5.41) is 11.4. The number of nitrogens with zero attached hydrogens (tertiary/aromatic N) is 2. The van der Waals surface area contributed by atoms with E-state index in [2.05, 4.69) is 6.92 Å². The van der Waals surface area contributed by atoms with Crippen LogP contribution in [0.5, 0.6) is 0 Å². The number of aliphatic hydroxyl groups is 1. The molecule has 0 aromatic heterocycles. The Hall–Kier alpha value is -1.26. The molecule has 1 saturated heterocycles. The Bertz CT molecular complexity index is 557. The number of urea groups is 1. The third kappa shape index (κ3) is 3.23. The molecule has 1 aromatic rings. The summed E-state index contributed by atoms with van der Waals surface area (Å²) in [6.07, 6.45) is 2.44. The van der Waals surface area contributed by atoms with Crippen LogP contribution in [0.1, 0.15) is 47.0 Å². The van der Waals surface area contributed by atoms with E-state index in [1.165, 1.54) is 4.90 Å². The van der Waals surface area contributed by atoms with Gasteiger partial charge in [-0.25, -0.2) is 4.79 Å². The first-order chi connectivity index (χ1) is 10.2. The van der Waals surface area contributed by atoms with Crippen molar-refractivity contribution in [2.24, 2.45) is 0 Å². The number of carbonyl (C=O) groups excluding carboxylic acids is 1. The number of anilines is 1. The molecule has 2 amide bonds. The maximum Gasteiger partial charge on any atom is 0.327 e. The number of hydrogen-bond donors (Lipinski definition) is 1. The third-order valence-corrected chi connectivity index (χ3v) is 4.44. The SMILES string of the molecule is CCCCN1C(=O)N(c2cccc(Cl)c2)C(C)(O)CC1(C)C. The minimum atomic E-state index is -1.24. The Morgan fingerprint density at radius 2 is 2.00 bits per heavy atom. The molecule has 1 aliphatic heterocycles. The van der Waals surface area contributed by atoms with Crippen LogP contribution in [0.15, 0.2) is 24.3 Å². The van der Waals surface area contributed by atoms with E-state index in [1.807, 2.05) is 18.7 Å². The zero-order valence-electron chi connectivity index (χ0n) is 13.8. The summed E-state index contributed by atoms with van der Waals surface area (Å²) in [7, 11) is 0. The zero-order chi connectivity index (χ0) is 16.5. The lowest BCUT2D eigenvalue weighted by Crippen LogP contribution is -2.68. The first-order valence-corrected chi connectivity index (χ1v) is 8.16. The molecule has 0 aliphatic carbocycles. The lowest BCUT2D eigenvalue weighted by molar-refractivity contribution is -0.0255. The molecule has 1 aromatic carbocycles. The van der Waals surface area contributed by atoms with Crippen molar-refractivity contribution >= 4 is 23.3 Å². The van der Waals surface area contributed by atoms with E-state index in [0.717, 1.165) is 12.8 Å². The van der Waals surface area contributed by atoms with Gasteiger partial charge in [-0.3, -0.25) is 4.90 Å². The Morgan fingerprint density at radius 1 is 1.32 bits per heavy atom. The van der Waals surface area contributed by atoms with Gasteiger partial charge in [0.25, 0.3) is 0 Å². The number of halogens is 1. The second kappa shape index (κ2) is 6.09. The van der Waals surface area contributed by atoms with Crippen molar-refractivity contribution in [2.75, 3.05) is 11.4 Å². The molecule has 2 rings (SSSR count). The molecule has 1 heterocycles. The highest BCUT2D eigenvalue weighted by Crippen LogP contribution is 2.39. The standard InChI is InChI=1S/C17H25ClN2O2/c1-5-6-10-19-15(21)20(14-9-7-8-13(18)11-14)17(4,22)12-16(19,2)3/h7-9,11,22H,5-6,10,12H2,1-4H3. The molecule has 22 heavy (non-hydrogen) atoms. The summed E-state index contributed by atoms with van der Waals surface area (Å²) >= 11 is 6.05. The van der Waals surface area contributed by atoms with Crippen LogP contribution < -0.4 is 4.90 Å². The van der Waals surface area contributed by atoms with Gasteiger partial charge in [0.2, 0.25) is 0 Å². The van der Waals surface area contributed by atoms with Crippen molar-refractivity contribution in [2.45, 2.75) is 58.2 Å². The number of hydrogen-bond acceptors (Lipinski definition) is 2. The van der Waals surface area contributed by atoms with E-state index in [1.54, 1.807) is 31.2 Å². The van der Waals surface area contributed by atoms with Crippen molar-refractivity contribution in [3.63, 3.8) is 0 Å². The van der Waals surface area contributed by atoms with Gasteiger partial charge < -0.3 is 10.0 Å². The number of unbranched alkanes of at least 4 members (excludes halogenated alkanes) is 1. The Morgan fingerprint density at radius 3 is 2.59 bits per heavy atom. The summed E-state index contributed by atoms with van der Waals surface area (Å²) in [4.78, 5) is 16.3. The molecule has 1 atom stereocenters. The van der Waals surface area contributed by atoms with Crippen LogP contribution in [0.4, 0.5) is 10.5 Å². The highest BCUT2D eigenvalue weighted by Gasteiger charge is 2.50. The van der Waals surface area contributed by atoms with Crippen LogP contribution in [-0.4, -0.2) is 33.8 Å². The largest absolute Gasteiger partial charge is 0.371 e. The fourth-order valence-corrected chi connectivity index (χ4v) is 3.48. The first-order valence-electron chi connectivity index (χ1n) is 7.79. The summed E-state index contributed by atoms with van der Waals surface area (Å²) < 4.78 is 0. The van der Waals surface area contributed by atoms with Crippen LogP contribution >= 0.6 is 11.6 Å². The second-order valence-corrected chi connectivity index (χ2v) is 7.25. The number of rotatable bonds is 4. The molecule has 122 valence electrons. The van der Waals surface area contributed by atoms with Crippen molar-refractivity contribution in [3.8, 4) is 0 Å². The van der Waals surface area contributed by atoms with Gasteiger partial charge in [-0.2, -0.15) is 0 Å². The van der Waals surface area contributed by atoms with E-state index >= 15 is 0 Å². The van der Waals surface area contributed by atoms with Crippen LogP contribution in [0.3, 0.4) is 0 Å².